The summed E-state index contributed by atoms with van der Waals surface area (Å²) in [5.41, 5.74) is 4.01. The molecule has 7 nitrogen and oxygen atoms in total. The van der Waals surface area contributed by atoms with Gasteiger partial charge in [-0.1, -0.05) is 30.3 Å². The van der Waals surface area contributed by atoms with Gasteiger partial charge in [0.15, 0.2) is 5.65 Å². The lowest BCUT2D eigenvalue weighted by Crippen LogP contribution is -2.26. The van der Waals surface area contributed by atoms with Crippen molar-refractivity contribution in [2.75, 3.05) is 23.7 Å². The van der Waals surface area contributed by atoms with Gasteiger partial charge >= 0.3 is 0 Å². The summed E-state index contributed by atoms with van der Waals surface area (Å²) in [5, 5.41) is 18.0. The van der Waals surface area contributed by atoms with Crippen LogP contribution in [-0.2, 0) is 0 Å². The molecular weight excluding hydrogens is 362 g/mol. The Hall–Kier alpha value is -3.45. The van der Waals surface area contributed by atoms with Gasteiger partial charge in [-0.25, -0.2) is 0 Å². The van der Waals surface area contributed by atoms with Crippen LogP contribution in [0.4, 0.5) is 23.1 Å². The SMILES string of the molecule is c1ccc(Nc2nc(Nc3ccc(C4CCNCC4)cc3)nc3[nH]ncc23)cc1. The minimum atomic E-state index is 0.523. The minimum absolute atomic E-state index is 0.523. The highest BCUT2D eigenvalue weighted by atomic mass is 15.2. The molecule has 0 amide bonds. The van der Waals surface area contributed by atoms with Crippen LogP contribution in [0.5, 0.6) is 0 Å². The molecule has 1 fully saturated rings. The van der Waals surface area contributed by atoms with Crippen LogP contribution in [0.3, 0.4) is 0 Å². The van der Waals surface area contributed by atoms with Crippen LogP contribution in [0.1, 0.15) is 24.3 Å². The summed E-state index contributed by atoms with van der Waals surface area (Å²) in [4.78, 5) is 9.23. The first-order valence-corrected chi connectivity index (χ1v) is 9.96. The molecule has 146 valence electrons. The molecular formula is C22H23N7. The number of anilines is 4. The summed E-state index contributed by atoms with van der Waals surface area (Å²) in [6, 6.07) is 18.6. The Morgan fingerprint density at radius 1 is 0.828 bits per heavy atom. The highest BCUT2D eigenvalue weighted by molar-refractivity contribution is 5.89. The number of rotatable bonds is 5. The van der Waals surface area contributed by atoms with Crippen molar-refractivity contribution < 1.29 is 0 Å². The van der Waals surface area contributed by atoms with Crippen molar-refractivity contribution in [2.45, 2.75) is 18.8 Å². The van der Waals surface area contributed by atoms with Crippen LogP contribution < -0.4 is 16.0 Å². The van der Waals surface area contributed by atoms with Gasteiger partial charge in [-0.2, -0.15) is 15.1 Å². The number of para-hydroxylation sites is 1. The number of aromatic nitrogens is 4. The highest BCUT2D eigenvalue weighted by Gasteiger charge is 2.15. The van der Waals surface area contributed by atoms with E-state index in [1.54, 1.807) is 6.20 Å². The van der Waals surface area contributed by atoms with Crippen LogP contribution in [0.2, 0.25) is 0 Å². The Morgan fingerprint density at radius 2 is 1.59 bits per heavy atom. The maximum absolute atomic E-state index is 4.67. The second-order valence-electron chi connectivity index (χ2n) is 7.29. The molecule has 5 rings (SSSR count). The van der Waals surface area contributed by atoms with E-state index in [0.717, 1.165) is 29.9 Å². The van der Waals surface area contributed by atoms with Gasteiger partial charge in [0, 0.05) is 11.4 Å². The van der Waals surface area contributed by atoms with Gasteiger partial charge in [0.2, 0.25) is 5.95 Å². The van der Waals surface area contributed by atoms with Gasteiger partial charge in [-0.15, -0.1) is 0 Å². The van der Waals surface area contributed by atoms with E-state index in [0.29, 0.717) is 23.3 Å². The maximum Gasteiger partial charge on any atom is 0.231 e. The summed E-state index contributed by atoms with van der Waals surface area (Å²) in [6.45, 7) is 2.19. The molecule has 2 aromatic carbocycles. The summed E-state index contributed by atoms with van der Waals surface area (Å²) in [6.07, 6.45) is 4.12. The van der Waals surface area contributed by atoms with Crippen molar-refractivity contribution in [1.82, 2.24) is 25.5 Å². The Kier molecular flexibility index (Phi) is 4.80. The number of benzene rings is 2. The molecule has 0 radical (unpaired) electrons. The van der Waals surface area contributed by atoms with E-state index in [1.807, 2.05) is 30.3 Å². The predicted octanol–water partition coefficient (Wildman–Crippen LogP) is 4.31. The van der Waals surface area contributed by atoms with Crippen molar-refractivity contribution in [2.24, 2.45) is 0 Å². The molecule has 4 aromatic rings. The summed E-state index contributed by atoms with van der Waals surface area (Å²) in [7, 11) is 0. The van der Waals surface area contributed by atoms with E-state index in [9.17, 15) is 0 Å². The fourth-order valence-electron chi connectivity index (χ4n) is 3.77. The third-order valence-corrected chi connectivity index (χ3v) is 5.32. The van der Waals surface area contributed by atoms with Gasteiger partial charge in [0.25, 0.3) is 0 Å². The molecule has 1 aliphatic heterocycles. The number of hydrogen-bond acceptors (Lipinski definition) is 6. The van der Waals surface area contributed by atoms with E-state index in [4.69, 9.17) is 0 Å². The first kappa shape index (κ1) is 17.6. The minimum Gasteiger partial charge on any atom is -0.339 e. The molecule has 3 heterocycles. The van der Waals surface area contributed by atoms with Crippen LogP contribution in [0.25, 0.3) is 11.0 Å². The Bertz CT molecular complexity index is 1080. The molecule has 7 heteroatoms. The number of H-pyrrole nitrogens is 1. The topological polar surface area (TPSA) is 90.5 Å². The van der Waals surface area contributed by atoms with Crippen LogP contribution >= 0.6 is 0 Å². The van der Waals surface area contributed by atoms with E-state index in [1.165, 1.54) is 18.4 Å². The molecule has 2 aromatic heterocycles. The van der Waals surface area contributed by atoms with E-state index >= 15 is 0 Å². The molecule has 0 atom stereocenters. The fourth-order valence-corrected chi connectivity index (χ4v) is 3.77. The quantitative estimate of drug-likeness (QED) is 0.409. The number of nitrogens with zero attached hydrogens (tertiary/aromatic N) is 3. The van der Waals surface area contributed by atoms with Crippen molar-refractivity contribution in [1.29, 1.82) is 0 Å². The normalized spacial score (nSPS) is 14.8. The molecule has 1 saturated heterocycles. The number of hydrogen-bond donors (Lipinski definition) is 4. The molecule has 0 aliphatic carbocycles. The Morgan fingerprint density at radius 3 is 2.38 bits per heavy atom. The lowest BCUT2D eigenvalue weighted by molar-refractivity contribution is 0.460. The first-order chi connectivity index (χ1) is 14.3. The highest BCUT2D eigenvalue weighted by Crippen LogP contribution is 2.28. The van der Waals surface area contributed by atoms with Gasteiger partial charge in [0.1, 0.15) is 5.82 Å². The predicted molar refractivity (Wildman–Crippen MR) is 116 cm³/mol. The number of nitrogens with one attached hydrogen (secondary N) is 4. The molecule has 0 unspecified atom stereocenters. The van der Waals surface area contributed by atoms with Gasteiger partial charge in [-0.3, -0.25) is 5.10 Å². The van der Waals surface area contributed by atoms with Crippen molar-refractivity contribution in [3.05, 3.63) is 66.4 Å². The number of fused-ring (bicyclic) bond motifs is 1. The van der Waals surface area contributed by atoms with Crippen LogP contribution in [0, 0.1) is 0 Å². The zero-order valence-corrected chi connectivity index (χ0v) is 16.0. The standard InChI is InChI=1S/C22H23N7/c1-2-4-17(5-3-1)25-20-19-14-24-29-21(19)28-22(27-20)26-18-8-6-15(7-9-18)16-10-12-23-13-11-16/h1-9,14,16,23H,10-13H2,(H3,24,25,26,27,28,29). The zero-order valence-electron chi connectivity index (χ0n) is 16.0. The first-order valence-electron chi connectivity index (χ1n) is 9.96. The van der Waals surface area contributed by atoms with E-state index in [2.05, 4.69) is 60.4 Å². The second-order valence-corrected chi connectivity index (χ2v) is 7.29. The van der Waals surface area contributed by atoms with Crippen molar-refractivity contribution in [3.8, 4) is 0 Å². The zero-order chi connectivity index (χ0) is 19.5. The van der Waals surface area contributed by atoms with Gasteiger partial charge < -0.3 is 16.0 Å². The van der Waals surface area contributed by atoms with Crippen LogP contribution in [0.15, 0.2) is 60.8 Å². The molecule has 4 N–H and O–H groups in total. The van der Waals surface area contributed by atoms with E-state index < -0.39 is 0 Å². The van der Waals surface area contributed by atoms with E-state index in [-0.39, 0.29) is 0 Å². The fraction of sp³-hybridized carbons (Fsp3) is 0.227. The average molecular weight is 385 g/mol. The van der Waals surface area contributed by atoms with Crippen molar-refractivity contribution in [3.63, 3.8) is 0 Å². The van der Waals surface area contributed by atoms with Gasteiger partial charge in [0.05, 0.1) is 11.6 Å². The third kappa shape index (κ3) is 3.90. The van der Waals surface area contributed by atoms with Crippen molar-refractivity contribution >= 4 is 34.2 Å². The maximum atomic E-state index is 4.67. The Labute approximate surface area is 169 Å². The number of aromatic amines is 1. The molecule has 29 heavy (non-hydrogen) atoms. The molecule has 0 saturated carbocycles. The molecule has 0 bridgehead atoms. The van der Waals surface area contributed by atoms with Crippen LogP contribution in [-0.4, -0.2) is 33.3 Å². The van der Waals surface area contributed by atoms with Gasteiger partial charge in [-0.05, 0) is 61.7 Å². The third-order valence-electron chi connectivity index (χ3n) is 5.32. The number of piperidine rings is 1. The summed E-state index contributed by atoms with van der Waals surface area (Å²) >= 11 is 0. The molecule has 0 spiro atoms. The largest absolute Gasteiger partial charge is 0.339 e. The monoisotopic (exact) mass is 385 g/mol. The smallest absolute Gasteiger partial charge is 0.231 e. The lowest BCUT2D eigenvalue weighted by atomic mass is 9.90. The summed E-state index contributed by atoms with van der Waals surface area (Å²) in [5.74, 6) is 1.88. The lowest BCUT2D eigenvalue weighted by Gasteiger charge is -2.23. The molecule has 1 aliphatic rings. The summed E-state index contributed by atoms with van der Waals surface area (Å²) < 4.78 is 0. The second kappa shape index (κ2) is 7.89. The Balaban J connectivity index is 1.38. The average Bonchev–Trinajstić information content (AvgIpc) is 3.25.